The van der Waals surface area contributed by atoms with Crippen molar-refractivity contribution in [1.29, 1.82) is 0 Å². The molecule has 1 heterocycles. The predicted molar refractivity (Wildman–Crippen MR) is 53.0 cm³/mol. The summed E-state index contributed by atoms with van der Waals surface area (Å²) in [5.41, 5.74) is 5.71. The molecule has 3 atom stereocenters. The van der Waals surface area contributed by atoms with Crippen LogP contribution in [0.4, 0.5) is 0 Å². The largest absolute Gasteiger partial charge is 0.329 e. The average molecular weight is 170 g/mol. The van der Waals surface area contributed by atoms with E-state index in [1.165, 1.54) is 19.5 Å². The molecule has 2 heteroatoms. The van der Waals surface area contributed by atoms with Crippen molar-refractivity contribution in [3.63, 3.8) is 0 Å². The number of hydrogen-bond donors (Lipinski definition) is 1. The summed E-state index contributed by atoms with van der Waals surface area (Å²) in [6, 6.07) is 0.623. The van der Waals surface area contributed by atoms with Gasteiger partial charge in [0.05, 0.1) is 0 Å². The zero-order chi connectivity index (χ0) is 9.14. The second-order valence-electron chi connectivity index (χ2n) is 4.21. The molecule has 1 fully saturated rings. The zero-order valence-corrected chi connectivity index (χ0v) is 8.59. The van der Waals surface area contributed by atoms with Gasteiger partial charge in [-0.25, -0.2) is 0 Å². The van der Waals surface area contributed by atoms with E-state index in [2.05, 4.69) is 25.7 Å². The molecule has 0 amide bonds. The number of nitrogens with two attached hydrogens (primary N) is 1. The molecule has 0 aromatic rings. The topological polar surface area (TPSA) is 29.3 Å². The van der Waals surface area contributed by atoms with Gasteiger partial charge in [0.15, 0.2) is 0 Å². The van der Waals surface area contributed by atoms with E-state index in [1.54, 1.807) is 0 Å². The highest BCUT2D eigenvalue weighted by Crippen LogP contribution is 2.24. The predicted octanol–water partition coefficient (Wildman–Crippen LogP) is 1.31. The van der Waals surface area contributed by atoms with Gasteiger partial charge in [0.25, 0.3) is 0 Å². The summed E-state index contributed by atoms with van der Waals surface area (Å²) in [7, 11) is 0. The first-order valence-corrected chi connectivity index (χ1v) is 5.13. The van der Waals surface area contributed by atoms with Crippen LogP contribution in [0.5, 0.6) is 0 Å². The molecule has 0 aliphatic carbocycles. The summed E-state index contributed by atoms with van der Waals surface area (Å²) in [5, 5.41) is 0. The molecule has 2 N–H and O–H groups in total. The van der Waals surface area contributed by atoms with Gasteiger partial charge in [0, 0.05) is 25.7 Å². The van der Waals surface area contributed by atoms with Crippen LogP contribution in [0.3, 0.4) is 0 Å². The van der Waals surface area contributed by atoms with Crippen LogP contribution in [0.15, 0.2) is 0 Å². The molecule has 0 aromatic carbocycles. The van der Waals surface area contributed by atoms with Crippen LogP contribution in [0.2, 0.25) is 0 Å². The van der Waals surface area contributed by atoms with E-state index in [4.69, 9.17) is 5.73 Å². The van der Waals surface area contributed by atoms with E-state index in [9.17, 15) is 0 Å². The summed E-state index contributed by atoms with van der Waals surface area (Å²) >= 11 is 0. The normalized spacial score (nSPS) is 34.0. The Balaban J connectivity index is 2.44. The Bertz CT molecular complexity index is 122. The monoisotopic (exact) mass is 170 g/mol. The van der Waals surface area contributed by atoms with Crippen LogP contribution in [0.1, 0.15) is 27.2 Å². The molecular weight excluding hydrogens is 148 g/mol. The quantitative estimate of drug-likeness (QED) is 0.692. The Hall–Kier alpha value is -0.0800. The maximum atomic E-state index is 5.71. The molecule has 0 bridgehead atoms. The van der Waals surface area contributed by atoms with Gasteiger partial charge in [-0.2, -0.15) is 0 Å². The van der Waals surface area contributed by atoms with E-state index in [-0.39, 0.29) is 0 Å². The number of nitrogens with zero attached hydrogens (tertiary/aromatic N) is 1. The van der Waals surface area contributed by atoms with Gasteiger partial charge in [-0.1, -0.05) is 20.8 Å². The fourth-order valence-corrected chi connectivity index (χ4v) is 2.05. The number of rotatable bonds is 3. The highest BCUT2D eigenvalue weighted by atomic mass is 15.2. The van der Waals surface area contributed by atoms with Gasteiger partial charge in [-0.15, -0.1) is 0 Å². The third-order valence-corrected chi connectivity index (χ3v) is 3.28. The van der Waals surface area contributed by atoms with Crippen LogP contribution in [-0.4, -0.2) is 30.6 Å². The third kappa shape index (κ3) is 1.99. The Morgan fingerprint density at radius 1 is 1.33 bits per heavy atom. The van der Waals surface area contributed by atoms with Crippen molar-refractivity contribution in [3.05, 3.63) is 0 Å². The second-order valence-corrected chi connectivity index (χ2v) is 4.21. The van der Waals surface area contributed by atoms with Gasteiger partial charge in [0.1, 0.15) is 0 Å². The van der Waals surface area contributed by atoms with Crippen molar-refractivity contribution in [1.82, 2.24) is 4.90 Å². The first-order valence-electron chi connectivity index (χ1n) is 5.13. The maximum absolute atomic E-state index is 5.71. The third-order valence-electron chi connectivity index (χ3n) is 3.28. The molecule has 0 radical (unpaired) electrons. The smallest absolute Gasteiger partial charge is 0.0216 e. The highest BCUT2D eigenvalue weighted by Gasteiger charge is 2.29. The Morgan fingerprint density at radius 3 is 2.17 bits per heavy atom. The molecule has 3 unspecified atom stereocenters. The van der Waals surface area contributed by atoms with Crippen molar-refractivity contribution in [2.45, 2.75) is 33.2 Å². The van der Waals surface area contributed by atoms with E-state index in [0.717, 1.165) is 18.4 Å². The minimum atomic E-state index is 0.623. The lowest BCUT2D eigenvalue weighted by molar-refractivity contribution is 0.231. The van der Waals surface area contributed by atoms with Crippen LogP contribution in [-0.2, 0) is 0 Å². The molecule has 0 aromatic heterocycles. The molecule has 1 aliphatic heterocycles. The Kier molecular flexibility index (Phi) is 3.53. The van der Waals surface area contributed by atoms with Gasteiger partial charge in [0.2, 0.25) is 0 Å². The minimum Gasteiger partial charge on any atom is -0.329 e. The first-order chi connectivity index (χ1) is 5.69. The first kappa shape index (κ1) is 10.0. The molecule has 2 nitrogen and oxygen atoms in total. The van der Waals surface area contributed by atoms with Gasteiger partial charge < -0.3 is 5.73 Å². The lowest BCUT2D eigenvalue weighted by Crippen LogP contribution is -2.38. The molecule has 72 valence electrons. The number of hydrogen-bond acceptors (Lipinski definition) is 2. The zero-order valence-electron chi connectivity index (χ0n) is 8.59. The van der Waals surface area contributed by atoms with Crippen molar-refractivity contribution in [3.8, 4) is 0 Å². The van der Waals surface area contributed by atoms with E-state index in [1.807, 2.05) is 0 Å². The summed E-state index contributed by atoms with van der Waals surface area (Å²) in [6.45, 7) is 10.2. The average Bonchev–Trinajstić information content (AvgIpc) is 2.35. The Labute approximate surface area is 76.1 Å². The van der Waals surface area contributed by atoms with Crippen LogP contribution < -0.4 is 5.73 Å². The summed E-state index contributed by atoms with van der Waals surface area (Å²) in [6.07, 6.45) is 1.19. The standard InChI is InChI=1S/C10H22N2/c1-4-10(5-11)12-6-8(2)9(3)7-12/h8-10H,4-7,11H2,1-3H3. The molecule has 0 spiro atoms. The molecule has 0 saturated carbocycles. The summed E-state index contributed by atoms with van der Waals surface area (Å²) in [4.78, 5) is 2.55. The molecular formula is C10H22N2. The van der Waals surface area contributed by atoms with Crippen molar-refractivity contribution in [2.75, 3.05) is 19.6 Å². The fraction of sp³-hybridized carbons (Fsp3) is 1.00. The molecule has 1 rings (SSSR count). The SMILES string of the molecule is CCC(CN)N1CC(C)C(C)C1. The van der Waals surface area contributed by atoms with E-state index in [0.29, 0.717) is 6.04 Å². The minimum absolute atomic E-state index is 0.623. The van der Waals surface area contributed by atoms with Gasteiger partial charge in [-0.05, 0) is 18.3 Å². The maximum Gasteiger partial charge on any atom is 0.0216 e. The van der Waals surface area contributed by atoms with E-state index < -0.39 is 0 Å². The van der Waals surface area contributed by atoms with Crippen LogP contribution >= 0.6 is 0 Å². The van der Waals surface area contributed by atoms with E-state index >= 15 is 0 Å². The van der Waals surface area contributed by atoms with Crippen LogP contribution in [0.25, 0.3) is 0 Å². The number of likely N-dealkylation sites (tertiary alicyclic amines) is 1. The molecule has 1 aliphatic rings. The fourth-order valence-electron chi connectivity index (χ4n) is 2.05. The lowest BCUT2D eigenvalue weighted by atomic mass is 10.0. The van der Waals surface area contributed by atoms with Crippen molar-refractivity contribution >= 4 is 0 Å². The summed E-state index contributed by atoms with van der Waals surface area (Å²) in [5.74, 6) is 1.70. The van der Waals surface area contributed by atoms with Crippen molar-refractivity contribution in [2.24, 2.45) is 17.6 Å². The molecule has 12 heavy (non-hydrogen) atoms. The van der Waals surface area contributed by atoms with Crippen molar-refractivity contribution < 1.29 is 0 Å². The van der Waals surface area contributed by atoms with Gasteiger partial charge >= 0.3 is 0 Å². The highest BCUT2D eigenvalue weighted by molar-refractivity contribution is 4.83. The second kappa shape index (κ2) is 4.24. The summed E-state index contributed by atoms with van der Waals surface area (Å²) < 4.78 is 0. The van der Waals surface area contributed by atoms with Gasteiger partial charge in [-0.3, -0.25) is 4.90 Å². The van der Waals surface area contributed by atoms with Crippen LogP contribution in [0, 0.1) is 11.8 Å². The molecule has 1 saturated heterocycles. The Morgan fingerprint density at radius 2 is 1.83 bits per heavy atom. The lowest BCUT2D eigenvalue weighted by Gasteiger charge is -2.25.